The summed E-state index contributed by atoms with van der Waals surface area (Å²) in [5, 5.41) is 18.9. The van der Waals surface area contributed by atoms with Gasteiger partial charge in [0.15, 0.2) is 5.69 Å². The Morgan fingerprint density at radius 3 is 2.91 bits per heavy atom. The largest absolute Gasteiger partial charge is 0.480 e. The minimum absolute atomic E-state index is 0.108. The lowest BCUT2D eigenvalue weighted by Crippen LogP contribution is -2.28. The van der Waals surface area contributed by atoms with Gasteiger partial charge in [0.05, 0.1) is 18.0 Å². The average molecular weight is 383 g/mol. The number of carboxylic acids is 1. The molecule has 1 heterocycles. The molecule has 8 nitrogen and oxygen atoms in total. The van der Waals surface area contributed by atoms with Gasteiger partial charge in [-0.1, -0.05) is 27.2 Å². The van der Waals surface area contributed by atoms with Gasteiger partial charge >= 0.3 is 5.97 Å². The van der Waals surface area contributed by atoms with Crippen LogP contribution in [0.2, 0.25) is 0 Å². The van der Waals surface area contributed by atoms with Crippen molar-refractivity contribution in [1.29, 1.82) is 0 Å². The maximum Gasteiger partial charge on any atom is 0.329 e. The number of rotatable bonds is 7. The summed E-state index contributed by atoms with van der Waals surface area (Å²) in [4.78, 5) is 22.4. The fourth-order valence-electron chi connectivity index (χ4n) is 1.87. The van der Waals surface area contributed by atoms with Crippen LogP contribution >= 0.6 is 15.9 Å². The fourth-order valence-corrected chi connectivity index (χ4v) is 2.26. The van der Waals surface area contributed by atoms with Gasteiger partial charge in [0, 0.05) is 11.0 Å². The zero-order valence-electron chi connectivity index (χ0n) is 12.3. The summed E-state index contributed by atoms with van der Waals surface area (Å²) in [5.41, 5.74) is 1.60. The first-order valence-electron chi connectivity index (χ1n) is 6.75. The Morgan fingerprint density at radius 2 is 2.22 bits per heavy atom. The Balaban J connectivity index is 1.98. The van der Waals surface area contributed by atoms with Crippen LogP contribution < -0.4 is 5.32 Å². The lowest BCUT2D eigenvalue weighted by atomic mass is 10.3. The van der Waals surface area contributed by atoms with Gasteiger partial charge in [-0.2, -0.15) is 0 Å². The van der Waals surface area contributed by atoms with Crippen LogP contribution in [0.25, 0.3) is 5.69 Å². The highest BCUT2D eigenvalue weighted by Gasteiger charge is 2.17. The van der Waals surface area contributed by atoms with E-state index in [1.165, 1.54) is 0 Å². The van der Waals surface area contributed by atoms with E-state index in [0.29, 0.717) is 5.69 Å². The van der Waals surface area contributed by atoms with Crippen molar-refractivity contribution in [2.45, 2.75) is 6.92 Å². The summed E-state index contributed by atoms with van der Waals surface area (Å²) in [5.74, 6) is -1.44. The number of aliphatic carboxylic acids is 1. The number of carbonyl (C=O) groups excluding carboxylic acids is 1. The Kier molecular flexibility index (Phi) is 5.83. The maximum absolute atomic E-state index is 12.1. The van der Waals surface area contributed by atoms with E-state index in [2.05, 4.69) is 31.6 Å². The number of amides is 1. The molecular weight excluding hydrogens is 368 g/mol. The number of aromatic nitrogens is 3. The van der Waals surface area contributed by atoms with Crippen LogP contribution in [-0.2, 0) is 9.53 Å². The third kappa shape index (κ3) is 4.60. The number of nitrogens with zero attached hydrogens (tertiary/aromatic N) is 3. The van der Waals surface area contributed by atoms with Crippen LogP contribution in [0.5, 0.6) is 0 Å². The maximum atomic E-state index is 12.1. The van der Waals surface area contributed by atoms with E-state index in [0.717, 1.165) is 10.2 Å². The van der Waals surface area contributed by atoms with E-state index in [4.69, 9.17) is 9.84 Å². The van der Waals surface area contributed by atoms with Crippen molar-refractivity contribution in [3.05, 3.63) is 40.1 Å². The number of carboxylic acid groups (broad SMARTS) is 1. The van der Waals surface area contributed by atoms with Gasteiger partial charge in [0.2, 0.25) is 0 Å². The van der Waals surface area contributed by atoms with Gasteiger partial charge in [0.1, 0.15) is 6.61 Å². The lowest BCUT2D eigenvalue weighted by Gasteiger charge is -2.05. The fraction of sp³-hybridized carbons (Fsp3) is 0.286. The molecule has 0 saturated carbocycles. The van der Waals surface area contributed by atoms with E-state index < -0.39 is 12.6 Å². The topological polar surface area (TPSA) is 106 Å². The van der Waals surface area contributed by atoms with Crippen LogP contribution in [0, 0.1) is 6.92 Å². The van der Waals surface area contributed by atoms with Crippen molar-refractivity contribution in [1.82, 2.24) is 20.3 Å². The number of halogens is 1. The second-order valence-electron chi connectivity index (χ2n) is 4.62. The lowest BCUT2D eigenvalue weighted by molar-refractivity contribution is -0.142. The number of ether oxygens (including phenoxy) is 1. The Hall–Kier alpha value is -2.26. The highest BCUT2D eigenvalue weighted by atomic mass is 79.9. The monoisotopic (exact) mass is 382 g/mol. The molecule has 9 heteroatoms. The summed E-state index contributed by atoms with van der Waals surface area (Å²) in [6.07, 6.45) is 0. The van der Waals surface area contributed by atoms with Gasteiger partial charge < -0.3 is 15.2 Å². The predicted octanol–water partition coefficient (Wildman–Crippen LogP) is 1.17. The molecule has 23 heavy (non-hydrogen) atoms. The Labute approximate surface area is 140 Å². The third-order valence-electron chi connectivity index (χ3n) is 2.92. The summed E-state index contributed by atoms with van der Waals surface area (Å²) in [6, 6.07) is 7.47. The molecular formula is C14H15BrN4O4. The number of hydrogen-bond acceptors (Lipinski definition) is 5. The van der Waals surface area contributed by atoms with E-state index in [1.807, 2.05) is 24.3 Å². The van der Waals surface area contributed by atoms with Crippen molar-refractivity contribution in [2.75, 3.05) is 19.8 Å². The molecule has 0 atom stereocenters. The summed E-state index contributed by atoms with van der Waals surface area (Å²) >= 11 is 3.38. The normalized spacial score (nSPS) is 10.5. The molecule has 0 radical (unpaired) electrons. The highest BCUT2D eigenvalue weighted by Crippen LogP contribution is 2.17. The molecule has 0 fully saturated rings. The Bertz CT molecular complexity index is 717. The molecule has 0 spiro atoms. The quantitative estimate of drug-likeness (QED) is 0.696. The van der Waals surface area contributed by atoms with Gasteiger partial charge in [0.25, 0.3) is 5.91 Å². The van der Waals surface area contributed by atoms with Crippen molar-refractivity contribution in [2.24, 2.45) is 0 Å². The molecule has 2 aromatic rings. The number of hydrogen-bond donors (Lipinski definition) is 2. The summed E-state index contributed by atoms with van der Waals surface area (Å²) in [6.45, 7) is 1.65. The number of benzene rings is 1. The molecule has 1 aromatic carbocycles. The molecule has 0 unspecified atom stereocenters. The molecule has 0 aliphatic rings. The smallest absolute Gasteiger partial charge is 0.329 e. The van der Waals surface area contributed by atoms with E-state index in [9.17, 15) is 9.59 Å². The van der Waals surface area contributed by atoms with Crippen LogP contribution in [0.3, 0.4) is 0 Å². The first-order chi connectivity index (χ1) is 11.0. The predicted molar refractivity (Wildman–Crippen MR) is 84.6 cm³/mol. The van der Waals surface area contributed by atoms with Gasteiger partial charge in [-0.15, -0.1) is 5.10 Å². The molecule has 0 aliphatic heterocycles. The van der Waals surface area contributed by atoms with E-state index in [1.54, 1.807) is 11.6 Å². The van der Waals surface area contributed by atoms with Gasteiger partial charge in [-0.3, -0.25) is 4.79 Å². The average Bonchev–Trinajstić information content (AvgIpc) is 2.88. The van der Waals surface area contributed by atoms with Crippen LogP contribution in [0.15, 0.2) is 28.7 Å². The molecule has 1 amide bonds. The standard InChI is InChI=1S/C14H15BrN4O4/c1-9-13(14(22)16-5-6-23-8-12(20)21)17-18-19(9)11-4-2-3-10(15)7-11/h2-4,7H,5-6,8H2,1H3,(H,16,22)(H,20,21). The highest BCUT2D eigenvalue weighted by molar-refractivity contribution is 9.10. The first kappa shape index (κ1) is 17.1. The van der Waals surface area contributed by atoms with Crippen LogP contribution in [-0.4, -0.2) is 51.7 Å². The number of carbonyl (C=O) groups is 2. The minimum atomic E-state index is -1.05. The van der Waals surface area contributed by atoms with Crippen molar-refractivity contribution >= 4 is 27.8 Å². The third-order valence-corrected chi connectivity index (χ3v) is 3.41. The Morgan fingerprint density at radius 1 is 1.43 bits per heavy atom. The summed E-state index contributed by atoms with van der Waals surface area (Å²) in [7, 11) is 0. The molecule has 0 aliphatic carbocycles. The van der Waals surface area contributed by atoms with Crippen LogP contribution in [0.4, 0.5) is 0 Å². The van der Waals surface area contributed by atoms with E-state index >= 15 is 0 Å². The zero-order valence-corrected chi connectivity index (χ0v) is 13.9. The van der Waals surface area contributed by atoms with Crippen LogP contribution in [0.1, 0.15) is 16.2 Å². The van der Waals surface area contributed by atoms with Gasteiger partial charge in [-0.05, 0) is 25.1 Å². The van der Waals surface area contributed by atoms with Crippen molar-refractivity contribution < 1.29 is 19.4 Å². The SMILES string of the molecule is Cc1c(C(=O)NCCOCC(=O)O)nnn1-c1cccc(Br)c1. The zero-order chi connectivity index (χ0) is 16.8. The number of nitrogens with one attached hydrogen (secondary N) is 1. The van der Waals surface area contributed by atoms with Crippen molar-refractivity contribution in [3.63, 3.8) is 0 Å². The second kappa shape index (κ2) is 7.84. The molecule has 0 bridgehead atoms. The first-order valence-corrected chi connectivity index (χ1v) is 7.54. The van der Waals surface area contributed by atoms with E-state index in [-0.39, 0.29) is 24.8 Å². The van der Waals surface area contributed by atoms with Gasteiger partial charge in [-0.25, -0.2) is 9.48 Å². The summed E-state index contributed by atoms with van der Waals surface area (Å²) < 4.78 is 7.30. The molecule has 2 N–H and O–H groups in total. The van der Waals surface area contributed by atoms with Crippen molar-refractivity contribution in [3.8, 4) is 5.69 Å². The molecule has 2 rings (SSSR count). The molecule has 1 aromatic heterocycles. The second-order valence-corrected chi connectivity index (χ2v) is 5.53. The minimum Gasteiger partial charge on any atom is -0.480 e. The molecule has 122 valence electrons. The molecule has 0 saturated heterocycles.